The zero-order chi connectivity index (χ0) is 19.3. The summed E-state index contributed by atoms with van der Waals surface area (Å²) in [6.07, 6.45) is 4.46. The Hall–Kier alpha value is -1.34. The number of aliphatic hydroxyl groups is 1. The van der Waals surface area contributed by atoms with Gasteiger partial charge in [0, 0.05) is 36.5 Å². The van der Waals surface area contributed by atoms with E-state index in [-0.39, 0.29) is 30.3 Å². The highest BCUT2D eigenvalue weighted by Gasteiger charge is 2.23. The van der Waals surface area contributed by atoms with Crippen molar-refractivity contribution in [2.24, 2.45) is 0 Å². The molecule has 1 aliphatic carbocycles. The summed E-state index contributed by atoms with van der Waals surface area (Å²) in [5.41, 5.74) is 1.90. The molecule has 0 saturated carbocycles. The van der Waals surface area contributed by atoms with Crippen LogP contribution in [0.4, 0.5) is 0 Å². The van der Waals surface area contributed by atoms with Gasteiger partial charge in [-0.1, -0.05) is 11.8 Å². The van der Waals surface area contributed by atoms with Crippen LogP contribution in [0, 0.1) is 0 Å². The van der Waals surface area contributed by atoms with Crippen LogP contribution in [-0.2, 0) is 24.2 Å². The second-order valence-electron chi connectivity index (χ2n) is 7.34. The predicted molar refractivity (Wildman–Crippen MR) is 105 cm³/mol. The van der Waals surface area contributed by atoms with Crippen LogP contribution in [0.3, 0.4) is 0 Å². The van der Waals surface area contributed by atoms with Crippen molar-refractivity contribution >= 4 is 17.7 Å². The number of nitrogens with zero attached hydrogens (tertiary/aromatic N) is 3. The average molecular weight is 382 g/mol. The third-order valence-electron chi connectivity index (χ3n) is 4.72. The highest BCUT2D eigenvalue weighted by atomic mass is 32.2. The largest absolute Gasteiger partial charge is 0.396 e. The van der Waals surface area contributed by atoms with Crippen molar-refractivity contribution in [3.05, 3.63) is 21.7 Å². The minimum Gasteiger partial charge on any atom is -0.396 e. The van der Waals surface area contributed by atoms with Gasteiger partial charge in [-0.25, -0.2) is 4.79 Å². The molecule has 0 radical (unpaired) electrons. The SMILES string of the molecule is CC(C)N(C(=O)CSc1nc(=O)n(CCCO)c2c1CCCC2)C(C)C. The first kappa shape index (κ1) is 21.0. The predicted octanol–water partition coefficient (Wildman–Crippen LogP) is 2.24. The van der Waals surface area contributed by atoms with Crippen molar-refractivity contribution in [3.8, 4) is 0 Å². The van der Waals surface area contributed by atoms with E-state index in [0.29, 0.717) is 23.7 Å². The Morgan fingerprint density at radius 1 is 1.23 bits per heavy atom. The normalized spacial score (nSPS) is 14.0. The zero-order valence-corrected chi connectivity index (χ0v) is 17.1. The van der Waals surface area contributed by atoms with Gasteiger partial charge in [-0.15, -0.1) is 0 Å². The second-order valence-corrected chi connectivity index (χ2v) is 8.30. The molecule has 1 aromatic rings. The van der Waals surface area contributed by atoms with E-state index < -0.39 is 0 Å². The fraction of sp³-hybridized carbons (Fsp3) is 0.737. The molecule has 1 amide bonds. The van der Waals surface area contributed by atoms with Crippen molar-refractivity contribution in [2.75, 3.05) is 12.4 Å². The highest BCUT2D eigenvalue weighted by molar-refractivity contribution is 7.99. The van der Waals surface area contributed by atoms with Crippen LogP contribution >= 0.6 is 11.8 Å². The van der Waals surface area contributed by atoms with E-state index in [0.717, 1.165) is 36.9 Å². The molecule has 7 heteroatoms. The number of thioether (sulfide) groups is 1. The first-order valence-electron chi connectivity index (χ1n) is 9.54. The number of hydrogen-bond donors (Lipinski definition) is 1. The van der Waals surface area contributed by atoms with Gasteiger partial charge < -0.3 is 10.0 Å². The molecule has 0 spiro atoms. The second kappa shape index (κ2) is 9.55. The fourth-order valence-electron chi connectivity index (χ4n) is 3.70. The lowest BCUT2D eigenvalue weighted by molar-refractivity contribution is -0.131. The molecule has 146 valence electrons. The van der Waals surface area contributed by atoms with E-state index in [1.807, 2.05) is 32.6 Å². The van der Waals surface area contributed by atoms with Gasteiger partial charge in [0.25, 0.3) is 0 Å². The third kappa shape index (κ3) is 4.88. The van der Waals surface area contributed by atoms with Crippen LogP contribution < -0.4 is 5.69 Å². The maximum absolute atomic E-state index is 12.6. The highest BCUT2D eigenvalue weighted by Crippen LogP contribution is 2.29. The average Bonchev–Trinajstić information content (AvgIpc) is 2.58. The van der Waals surface area contributed by atoms with Gasteiger partial charge in [-0.05, 0) is 59.8 Å². The molecule has 0 bridgehead atoms. The van der Waals surface area contributed by atoms with Crippen LogP contribution in [0.5, 0.6) is 0 Å². The molecule has 26 heavy (non-hydrogen) atoms. The van der Waals surface area contributed by atoms with Gasteiger partial charge in [0.05, 0.1) is 5.75 Å². The van der Waals surface area contributed by atoms with Gasteiger partial charge in [-0.3, -0.25) is 9.36 Å². The van der Waals surface area contributed by atoms with Gasteiger partial charge in [-0.2, -0.15) is 4.98 Å². The molecule has 6 nitrogen and oxygen atoms in total. The maximum Gasteiger partial charge on any atom is 0.348 e. The fourth-order valence-corrected chi connectivity index (χ4v) is 4.65. The molecule has 0 unspecified atom stereocenters. The van der Waals surface area contributed by atoms with Crippen molar-refractivity contribution in [1.82, 2.24) is 14.5 Å². The Morgan fingerprint density at radius 2 is 1.88 bits per heavy atom. The zero-order valence-electron chi connectivity index (χ0n) is 16.3. The number of carbonyl (C=O) groups excluding carboxylic acids is 1. The monoisotopic (exact) mass is 381 g/mol. The van der Waals surface area contributed by atoms with E-state index in [1.165, 1.54) is 11.8 Å². The molecule has 1 aromatic heterocycles. The van der Waals surface area contributed by atoms with E-state index in [1.54, 1.807) is 4.57 Å². The van der Waals surface area contributed by atoms with Crippen molar-refractivity contribution in [3.63, 3.8) is 0 Å². The molecule has 0 aromatic carbocycles. The van der Waals surface area contributed by atoms with Gasteiger partial charge in [0.2, 0.25) is 5.91 Å². The summed E-state index contributed by atoms with van der Waals surface area (Å²) in [6, 6.07) is 0.299. The molecule has 0 fully saturated rings. The quantitative estimate of drug-likeness (QED) is 0.552. The summed E-state index contributed by atoms with van der Waals surface area (Å²) < 4.78 is 1.71. The standard InChI is InChI=1S/C19H31N3O3S/c1-13(2)22(14(3)4)17(24)12-26-18-15-8-5-6-9-16(15)21(10-7-11-23)19(25)20-18/h13-14,23H,5-12H2,1-4H3. The summed E-state index contributed by atoms with van der Waals surface area (Å²) in [6.45, 7) is 8.64. The third-order valence-corrected chi connectivity index (χ3v) is 5.73. The van der Waals surface area contributed by atoms with Gasteiger partial charge in [0.15, 0.2) is 0 Å². The lowest BCUT2D eigenvalue weighted by Crippen LogP contribution is -2.43. The number of fused-ring (bicyclic) bond motifs is 1. The first-order valence-corrected chi connectivity index (χ1v) is 10.5. The van der Waals surface area contributed by atoms with Crippen LogP contribution in [0.25, 0.3) is 0 Å². The Bertz CT molecular complexity index is 677. The Kier molecular flexibility index (Phi) is 7.70. The summed E-state index contributed by atoms with van der Waals surface area (Å²) in [7, 11) is 0. The molecule has 1 heterocycles. The number of aliphatic hydroxyl groups excluding tert-OH is 1. The van der Waals surface area contributed by atoms with Crippen LogP contribution in [0.2, 0.25) is 0 Å². The van der Waals surface area contributed by atoms with Crippen LogP contribution in [0.15, 0.2) is 9.82 Å². The minimum absolute atomic E-state index is 0.0620. The number of amides is 1. The summed E-state index contributed by atoms with van der Waals surface area (Å²) in [5.74, 6) is 0.381. The topological polar surface area (TPSA) is 75.4 Å². The van der Waals surface area contributed by atoms with Crippen molar-refractivity contribution < 1.29 is 9.90 Å². The van der Waals surface area contributed by atoms with Crippen LogP contribution in [-0.4, -0.2) is 49.9 Å². The van der Waals surface area contributed by atoms with E-state index in [4.69, 9.17) is 5.11 Å². The minimum atomic E-state index is -0.265. The maximum atomic E-state index is 12.6. The van der Waals surface area contributed by atoms with Crippen molar-refractivity contribution in [1.29, 1.82) is 0 Å². The number of rotatable bonds is 8. The number of aromatic nitrogens is 2. The Balaban J connectivity index is 2.23. The van der Waals surface area contributed by atoms with E-state index in [9.17, 15) is 9.59 Å². The van der Waals surface area contributed by atoms with Crippen LogP contribution in [0.1, 0.15) is 58.2 Å². The smallest absolute Gasteiger partial charge is 0.348 e. The van der Waals surface area contributed by atoms with E-state index in [2.05, 4.69) is 4.98 Å². The molecule has 1 aliphatic rings. The number of hydrogen-bond acceptors (Lipinski definition) is 5. The van der Waals surface area contributed by atoms with Gasteiger partial charge >= 0.3 is 5.69 Å². The summed E-state index contributed by atoms with van der Waals surface area (Å²) in [5, 5.41) is 9.80. The lowest BCUT2D eigenvalue weighted by atomic mass is 9.97. The first-order chi connectivity index (χ1) is 12.4. The van der Waals surface area contributed by atoms with E-state index >= 15 is 0 Å². The molecule has 0 atom stereocenters. The molecular formula is C19H31N3O3S. The summed E-state index contributed by atoms with van der Waals surface area (Å²) in [4.78, 5) is 31.3. The molecule has 2 rings (SSSR count). The van der Waals surface area contributed by atoms with Crippen molar-refractivity contribution in [2.45, 2.75) is 83.5 Å². The molecule has 0 aliphatic heterocycles. The molecule has 0 saturated heterocycles. The lowest BCUT2D eigenvalue weighted by Gasteiger charge is -2.31. The summed E-state index contributed by atoms with van der Waals surface area (Å²) >= 11 is 1.39. The molecular weight excluding hydrogens is 350 g/mol. The Morgan fingerprint density at radius 3 is 2.50 bits per heavy atom. The molecule has 1 N–H and O–H groups in total. The Labute approximate surface area is 160 Å². The number of carbonyl (C=O) groups is 1. The van der Waals surface area contributed by atoms with Gasteiger partial charge in [0.1, 0.15) is 5.03 Å².